The van der Waals surface area contributed by atoms with Crippen molar-refractivity contribution in [2.24, 2.45) is 5.73 Å². The number of hydrogen-bond acceptors (Lipinski definition) is 4. The molecule has 0 saturated carbocycles. The van der Waals surface area contributed by atoms with E-state index in [1.54, 1.807) is 0 Å². The topological polar surface area (TPSA) is 87.2 Å². The Balaban J connectivity index is 2.31. The number of nitriles is 1. The van der Waals surface area contributed by atoms with Gasteiger partial charge < -0.3 is 5.73 Å². The molecular weight excluding hydrogens is 298 g/mol. The van der Waals surface area contributed by atoms with Gasteiger partial charge in [-0.05, 0) is 29.8 Å². The highest BCUT2D eigenvalue weighted by atomic mass is 32.2. The zero-order valence-corrected chi connectivity index (χ0v) is 12.8. The Bertz CT molecular complexity index is 750. The van der Waals surface area contributed by atoms with Crippen LogP contribution in [0, 0.1) is 11.3 Å². The van der Waals surface area contributed by atoms with E-state index in [-0.39, 0.29) is 24.5 Å². The first-order valence-electron chi connectivity index (χ1n) is 6.82. The van der Waals surface area contributed by atoms with Crippen LogP contribution in [0.15, 0.2) is 59.5 Å². The van der Waals surface area contributed by atoms with Crippen LogP contribution in [0.2, 0.25) is 0 Å². The van der Waals surface area contributed by atoms with E-state index < -0.39 is 10.0 Å². The highest BCUT2D eigenvalue weighted by Crippen LogP contribution is 2.18. The van der Waals surface area contributed by atoms with Crippen molar-refractivity contribution in [3.05, 3.63) is 65.7 Å². The van der Waals surface area contributed by atoms with E-state index in [1.807, 2.05) is 36.4 Å². The summed E-state index contributed by atoms with van der Waals surface area (Å²) in [5, 5.41) is 8.79. The van der Waals surface area contributed by atoms with E-state index in [0.717, 1.165) is 5.56 Å². The van der Waals surface area contributed by atoms with E-state index in [1.165, 1.54) is 28.6 Å². The lowest BCUT2D eigenvalue weighted by molar-refractivity contribution is 0.414. The Morgan fingerprint density at radius 1 is 1.05 bits per heavy atom. The van der Waals surface area contributed by atoms with Crippen LogP contribution in [0.5, 0.6) is 0 Å². The van der Waals surface area contributed by atoms with Crippen molar-refractivity contribution in [1.29, 1.82) is 5.26 Å². The monoisotopic (exact) mass is 315 g/mol. The highest BCUT2D eigenvalue weighted by Gasteiger charge is 2.23. The third-order valence-corrected chi connectivity index (χ3v) is 5.06. The minimum Gasteiger partial charge on any atom is -0.329 e. The molecule has 0 atom stereocenters. The van der Waals surface area contributed by atoms with E-state index in [4.69, 9.17) is 11.0 Å². The van der Waals surface area contributed by atoms with E-state index in [9.17, 15) is 8.42 Å². The predicted molar refractivity (Wildman–Crippen MR) is 84.2 cm³/mol. The van der Waals surface area contributed by atoms with Crippen LogP contribution in [-0.4, -0.2) is 25.8 Å². The van der Waals surface area contributed by atoms with E-state index in [0.29, 0.717) is 5.56 Å². The summed E-state index contributed by atoms with van der Waals surface area (Å²) in [5.41, 5.74) is 6.87. The van der Waals surface area contributed by atoms with Gasteiger partial charge in [0, 0.05) is 19.6 Å². The van der Waals surface area contributed by atoms with Crippen molar-refractivity contribution >= 4 is 10.0 Å². The predicted octanol–water partition coefficient (Wildman–Crippen LogP) is 1.71. The maximum Gasteiger partial charge on any atom is 0.243 e. The maximum absolute atomic E-state index is 12.7. The van der Waals surface area contributed by atoms with Crippen molar-refractivity contribution in [2.75, 3.05) is 13.1 Å². The summed E-state index contributed by atoms with van der Waals surface area (Å²) in [5.74, 6) is 0. The lowest BCUT2D eigenvalue weighted by atomic mass is 10.2. The summed E-state index contributed by atoms with van der Waals surface area (Å²) in [7, 11) is -3.64. The second-order valence-corrected chi connectivity index (χ2v) is 6.69. The molecule has 0 aliphatic rings. The van der Waals surface area contributed by atoms with Crippen molar-refractivity contribution < 1.29 is 8.42 Å². The molecule has 0 aliphatic carbocycles. The molecule has 0 spiro atoms. The molecule has 0 radical (unpaired) electrons. The number of hydrogen-bond donors (Lipinski definition) is 1. The SMILES string of the molecule is N#Cc1ccc(S(=O)(=O)N(CCN)Cc2ccccc2)cc1. The molecule has 5 nitrogen and oxygen atoms in total. The molecular formula is C16H17N3O2S. The Morgan fingerprint density at radius 2 is 1.68 bits per heavy atom. The summed E-state index contributed by atoms with van der Waals surface area (Å²) in [6.45, 7) is 0.736. The third-order valence-electron chi connectivity index (χ3n) is 3.20. The molecule has 2 N–H and O–H groups in total. The molecule has 114 valence electrons. The van der Waals surface area contributed by atoms with E-state index in [2.05, 4.69) is 0 Å². The molecule has 0 aromatic heterocycles. The third kappa shape index (κ3) is 3.71. The summed E-state index contributed by atoms with van der Waals surface area (Å²) in [6.07, 6.45) is 0. The normalized spacial score (nSPS) is 11.3. The highest BCUT2D eigenvalue weighted by molar-refractivity contribution is 7.89. The van der Waals surface area contributed by atoms with Gasteiger partial charge in [0.15, 0.2) is 0 Å². The maximum atomic E-state index is 12.7. The lowest BCUT2D eigenvalue weighted by Gasteiger charge is -2.21. The largest absolute Gasteiger partial charge is 0.329 e. The zero-order valence-electron chi connectivity index (χ0n) is 12.0. The zero-order chi connectivity index (χ0) is 16.0. The summed E-state index contributed by atoms with van der Waals surface area (Å²) >= 11 is 0. The smallest absolute Gasteiger partial charge is 0.243 e. The first-order chi connectivity index (χ1) is 10.6. The number of nitrogens with zero attached hydrogens (tertiary/aromatic N) is 2. The van der Waals surface area contributed by atoms with Crippen molar-refractivity contribution in [1.82, 2.24) is 4.31 Å². The quantitative estimate of drug-likeness (QED) is 0.879. The fourth-order valence-corrected chi connectivity index (χ4v) is 3.51. The van der Waals surface area contributed by atoms with Crippen LogP contribution in [0.3, 0.4) is 0 Å². The fourth-order valence-electron chi connectivity index (χ4n) is 2.07. The fraction of sp³-hybridized carbons (Fsp3) is 0.188. The average Bonchev–Trinajstić information content (AvgIpc) is 2.55. The van der Waals surface area contributed by atoms with Gasteiger partial charge in [0.1, 0.15) is 0 Å². The molecule has 2 aromatic rings. The molecule has 0 heterocycles. The van der Waals surface area contributed by atoms with Gasteiger partial charge in [-0.3, -0.25) is 0 Å². The van der Waals surface area contributed by atoms with Crippen molar-refractivity contribution in [2.45, 2.75) is 11.4 Å². The van der Waals surface area contributed by atoms with Gasteiger partial charge in [0.05, 0.1) is 16.5 Å². The van der Waals surface area contributed by atoms with Crippen LogP contribution in [0.1, 0.15) is 11.1 Å². The molecule has 0 amide bonds. The summed E-state index contributed by atoms with van der Waals surface area (Å²) < 4.78 is 26.8. The second kappa shape index (κ2) is 7.18. The van der Waals surface area contributed by atoms with Crippen LogP contribution in [0.25, 0.3) is 0 Å². The lowest BCUT2D eigenvalue weighted by Crippen LogP contribution is -2.34. The molecule has 2 rings (SSSR count). The molecule has 0 saturated heterocycles. The van der Waals surface area contributed by atoms with Crippen LogP contribution < -0.4 is 5.73 Å². The minimum atomic E-state index is -3.64. The molecule has 0 fully saturated rings. The van der Waals surface area contributed by atoms with Crippen molar-refractivity contribution in [3.63, 3.8) is 0 Å². The van der Waals surface area contributed by atoms with E-state index >= 15 is 0 Å². The molecule has 0 aliphatic heterocycles. The first-order valence-corrected chi connectivity index (χ1v) is 8.26. The molecule has 2 aromatic carbocycles. The summed E-state index contributed by atoms with van der Waals surface area (Å²) in [6, 6.07) is 17.2. The van der Waals surface area contributed by atoms with Gasteiger partial charge in [-0.25, -0.2) is 8.42 Å². The van der Waals surface area contributed by atoms with Crippen LogP contribution in [-0.2, 0) is 16.6 Å². The molecule has 0 bridgehead atoms. The van der Waals surface area contributed by atoms with Crippen LogP contribution in [0.4, 0.5) is 0 Å². The van der Waals surface area contributed by atoms with Gasteiger partial charge in [0.2, 0.25) is 10.0 Å². The first kappa shape index (κ1) is 16.2. The Hall–Kier alpha value is -2.20. The van der Waals surface area contributed by atoms with Gasteiger partial charge >= 0.3 is 0 Å². The standard InChI is InChI=1S/C16H17N3O2S/c17-10-11-19(13-15-4-2-1-3-5-15)22(20,21)16-8-6-14(12-18)7-9-16/h1-9H,10-11,13,17H2. The minimum absolute atomic E-state index is 0.163. The van der Waals surface area contributed by atoms with Gasteiger partial charge in [-0.2, -0.15) is 9.57 Å². The Labute approximate surface area is 130 Å². The molecule has 0 unspecified atom stereocenters. The average molecular weight is 315 g/mol. The second-order valence-electron chi connectivity index (χ2n) is 4.75. The van der Waals surface area contributed by atoms with Crippen molar-refractivity contribution in [3.8, 4) is 6.07 Å². The van der Waals surface area contributed by atoms with Crippen LogP contribution >= 0.6 is 0 Å². The molecule has 22 heavy (non-hydrogen) atoms. The Morgan fingerprint density at radius 3 is 2.23 bits per heavy atom. The number of rotatable bonds is 6. The molecule has 6 heteroatoms. The number of benzene rings is 2. The van der Waals surface area contributed by atoms with Gasteiger partial charge in [0.25, 0.3) is 0 Å². The number of nitrogens with two attached hydrogens (primary N) is 1. The van der Waals surface area contributed by atoms with Gasteiger partial charge in [-0.1, -0.05) is 30.3 Å². The Kier molecular flexibility index (Phi) is 5.28. The summed E-state index contributed by atoms with van der Waals surface area (Å²) in [4.78, 5) is 0.163. The van der Waals surface area contributed by atoms with Gasteiger partial charge in [-0.15, -0.1) is 0 Å². The number of sulfonamides is 1.